The lowest BCUT2D eigenvalue weighted by Crippen LogP contribution is -2.30. The second-order valence-electron chi connectivity index (χ2n) is 9.33. The van der Waals surface area contributed by atoms with Gasteiger partial charge in [-0.1, -0.05) is 59.6 Å². The van der Waals surface area contributed by atoms with Gasteiger partial charge in [-0.05, 0) is 60.0 Å². The molecule has 12 heteroatoms. The maximum absolute atomic E-state index is 13.0. The number of anilines is 2. The molecule has 0 fully saturated rings. The molecule has 0 unspecified atom stereocenters. The Hall–Kier alpha value is -5.06. The maximum atomic E-state index is 13.0. The number of carbonyl (C=O) groups is 2. The number of amides is 3. The van der Waals surface area contributed by atoms with Crippen molar-refractivity contribution in [3.63, 3.8) is 0 Å². The van der Waals surface area contributed by atoms with Crippen molar-refractivity contribution in [1.82, 2.24) is 25.1 Å². The van der Waals surface area contributed by atoms with Gasteiger partial charge in [0.2, 0.25) is 0 Å². The summed E-state index contributed by atoms with van der Waals surface area (Å²) in [5.41, 5.74) is 3.79. The van der Waals surface area contributed by atoms with E-state index < -0.39 is 11.6 Å². The molecule has 3 N–H and O–H groups in total. The van der Waals surface area contributed by atoms with Gasteiger partial charge in [-0.3, -0.25) is 19.9 Å². The number of rotatable bonds is 8. The summed E-state index contributed by atoms with van der Waals surface area (Å²) in [6, 6.07) is 20.8. The molecular formula is C31H25Cl2N7O3. The second kappa shape index (κ2) is 13.3. The van der Waals surface area contributed by atoms with Crippen LogP contribution in [0.25, 0.3) is 22.4 Å². The highest BCUT2D eigenvalue weighted by atomic mass is 35.5. The molecule has 3 heterocycles. The number of urea groups is 1. The first-order valence-electron chi connectivity index (χ1n) is 13.2. The smallest absolute Gasteiger partial charge is 0.325 e. The van der Waals surface area contributed by atoms with Gasteiger partial charge in [-0.25, -0.2) is 14.5 Å². The lowest BCUT2D eigenvalue weighted by Gasteiger charge is -2.12. The molecule has 5 aromatic rings. The molecule has 0 aliphatic rings. The van der Waals surface area contributed by atoms with Crippen molar-refractivity contribution in [3.8, 4) is 22.4 Å². The third kappa shape index (κ3) is 7.24. The van der Waals surface area contributed by atoms with Gasteiger partial charge >= 0.3 is 6.03 Å². The molecule has 3 amide bonds. The minimum atomic E-state index is -0.707. The van der Waals surface area contributed by atoms with Crippen LogP contribution in [0.15, 0.2) is 96.2 Å². The topological polar surface area (TPSA) is 131 Å². The maximum Gasteiger partial charge on any atom is 0.325 e. The second-order valence-corrected chi connectivity index (χ2v) is 10.2. The van der Waals surface area contributed by atoms with Crippen molar-refractivity contribution >= 4 is 46.6 Å². The standard InChI is InChI=1S/C31H25Cl2N7O3/c1-2-40-30(42)27(37-31(43)38-28-25(33)14-24(32)18-35-28)15-26(39-40)22-9-3-7-20(12-22)21-8-4-10-23(13-21)29(41)36-17-19-6-5-11-34-16-19/h3-16,18H,2,17H2,1H3,(H,36,41)(H2,35,37,38,43). The first-order chi connectivity index (χ1) is 20.8. The summed E-state index contributed by atoms with van der Waals surface area (Å²) in [6.07, 6.45) is 4.73. The van der Waals surface area contributed by atoms with Gasteiger partial charge in [0.15, 0.2) is 5.82 Å². The Morgan fingerprint density at radius 1 is 0.884 bits per heavy atom. The van der Waals surface area contributed by atoms with Crippen molar-refractivity contribution in [2.24, 2.45) is 0 Å². The highest BCUT2D eigenvalue weighted by Gasteiger charge is 2.15. The van der Waals surface area contributed by atoms with Crippen LogP contribution in [0, 0.1) is 0 Å². The van der Waals surface area contributed by atoms with Crippen LogP contribution in [0.5, 0.6) is 0 Å². The molecule has 0 saturated heterocycles. The molecule has 0 atom stereocenters. The van der Waals surface area contributed by atoms with Crippen molar-refractivity contribution in [2.45, 2.75) is 20.0 Å². The number of aryl methyl sites for hydroxylation is 1. The van der Waals surface area contributed by atoms with Gasteiger partial charge in [-0.15, -0.1) is 0 Å². The van der Waals surface area contributed by atoms with Crippen molar-refractivity contribution in [3.05, 3.63) is 123 Å². The summed E-state index contributed by atoms with van der Waals surface area (Å²) in [5, 5.41) is 13.0. The van der Waals surface area contributed by atoms with Crippen LogP contribution in [-0.2, 0) is 13.1 Å². The van der Waals surface area contributed by atoms with Crippen LogP contribution >= 0.6 is 23.2 Å². The van der Waals surface area contributed by atoms with Gasteiger partial charge in [0.05, 0.1) is 15.7 Å². The van der Waals surface area contributed by atoms with E-state index in [1.54, 1.807) is 25.4 Å². The van der Waals surface area contributed by atoms with Gasteiger partial charge in [0.1, 0.15) is 5.69 Å². The fraction of sp³-hybridized carbons (Fsp3) is 0.0968. The van der Waals surface area contributed by atoms with E-state index in [-0.39, 0.29) is 29.0 Å². The average molecular weight is 614 g/mol. The Kier molecular flexibility index (Phi) is 9.09. The highest BCUT2D eigenvalue weighted by molar-refractivity contribution is 6.36. The van der Waals surface area contributed by atoms with Crippen LogP contribution in [0.4, 0.5) is 16.3 Å². The molecule has 5 rings (SSSR count). The molecule has 2 aromatic carbocycles. The summed E-state index contributed by atoms with van der Waals surface area (Å²) in [6.45, 7) is 2.42. The number of halogens is 2. The van der Waals surface area contributed by atoms with Crippen LogP contribution in [0.3, 0.4) is 0 Å². The molecule has 10 nitrogen and oxygen atoms in total. The quantitative estimate of drug-likeness (QED) is 0.189. The number of benzene rings is 2. The van der Waals surface area contributed by atoms with Crippen molar-refractivity contribution < 1.29 is 9.59 Å². The van der Waals surface area contributed by atoms with E-state index in [0.717, 1.165) is 16.7 Å². The summed E-state index contributed by atoms with van der Waals surface area (Å²) < 4.78 is 1.26. The van der Waals surface area contributed by atoms with E-state index in [2.05, 4.69) is 31.0 Å². The Balaban J connectivity index is 1.38. The minimum absolute atomic E-state index is 0.0205. The third-order valence-electron chi connectivity index (χ3n) is 6.35. The van der Waals surface area contributed by atoms with E-state index in [1.807, 2.05) is 54.6 Å². The highest BCUT2D eigenvalue weighted by Crippen LogP contribution is 2.27. The van der Waals surface area contributed by atoms with E-state index in [1.165, 1.54) is 23.0 Å². The number of carbonyl (C=O) groups excluding carboxylic acids is 2. The molecular weight excluding hydrogens is 589 g/mol. The van der Waals surface area contributed by atoms with Crippen molar-refractivity contribution in [2.75, 3.05) is 10.6 Å². The zero-order chi connectivity index (χ0) is 30.3. The van der Waals surface area contributed by atoms with E-state index in [9.17, 15) is 14.4 Å². The Morgan fingerprint density at radius 2 is 1.65 bits per heavy atom. The SMILES string of the molecule is CCn1nc(-c2cccc(-c3cccc(C(=O)NCc4cccnc4)c3)c2)cc(NC(=O)Nc2ncc(Cl)cc2Cl)c1=O. The molecule has 3 aromatic heterocycles. The molecule has 216 valence electrons. The number of nitrogens with zero attached hydrogens (tertiary/aromatic N) is 4. The zero-order valence-corrected chi connectivity index (χ0v) is 24.4. The lowest BCUT2D eigenvalue weighted by molar-refractivity contribution is 0.0951. The summed E-state index contributed by atoms with van der Waals surface area (Å²) in [7, 11) is 0. The van der Waals surface area contributed by atoms with E-state index in [0.29, 0.717) is 28.4 Å². The molecule has 0 radical (unpaired) electrons. The van der Waals surface area contributed by atoms with E-state index >= 15 is 0 Å². The van der Waals surface area contributed by atoms with Crippen LogP contribution in [0.1, 0.15) is 22.8 Å². The van der Waals surface area contributed by atoms with Crippen LogP contribution in [-0.4, -0.2) is 31.7 Å². The molecule has 0 bridgehead atoms. The van der Waals surface area contributed by atoms with Gasteiger partial charge in [0, 0.05) is 42.8 Å². The van der Waals surface area contributed by atoms with Gasteiger partial charge < -0.3 is 10.6 Å². The van der Waals surface area contributed by atoms with Gasteiger partial charge in [0.25, 0.3) is 11.5 Å². The summed E-state index contributed by atoms with van der Waals surface area (Å²) in [4.78, 5) is 46.6. The van der Waals surface area contributed by atoms with Crippen LogP contribution < -0.4 is 21.5 Å². The average Bonchev–Trinajstić information content (AvgIpc) is 3.03. The predicted octanol–water partition coefficient (Wildman–Crippen LogP) is 6.27. The normalized spacial score (nSPS) is 10.7. The third-order valence-corrected chi connectivity index (χ3v) is 6.85. The molecule has 0 spiro atoms. The molecule has 0 saturated carbocycles. The fourth-order valence-electron chi connectivity index (χ4n) is 4.24. The number of hydrogen-bond donors (Lipinski definition) is 3. The molecule has 0 aliphatic heterocycles. The Morgan fingerprint density at radius 3 is 2.40 bits per heavy atom. The Bertz CT molecular complexity index is 1860. The zero-order valence-electron chi connectivity index (χ0n) is 22.8. The first-order valence-corrected chi connectivity index (χ1v) is 14.0. The number of pyridine rings is 2. The largest absolute Gasteiger partial charge is 0.348 e. The lowest BCUT2D eigenvalue weighted by atomic mass is 9.99. The first kappa shape index (κ1) is 29.4. The monoisotopic (exact) mass is 613 g/mol. The van der Waals surface area contributed by atoms with E-state index in [4.69, 9.17) is 23.2 Å². The number of hydrogen-bond acceptors (Lipinski definition) is 6. The van der Waals surface area contributed by atoms with Crippen LogP contribution in [0.2, 0.25) is 10.0 Å². The Labute approximate surface area is 256 Å². The summed E-state index contributed by atoms with van der Waals surface area (Å²) >= 11 is 12.0. The van der Waals surface area contributed by atoms with Gasteiger partial charge in [-0.2, -0.15) is 5.10 Å². The van der Waals surface area contributed by atoms with Crippen molar-refractivity contribution in [1.29, 1.82) is 0 Å². The number of nitrogens with one attached hydrogen (secondary N) is 3. The predicted molar refractivity (Wildman–Crippen MR) is 167 cm³/mol. The minimum Gasteiger partial charge on any atom is -0.348 e. The molecule has 0 aliphatic carbocycles. The number of aromatic nitrogens is 4. The fourth-order valence-corrected chi connectivity index (χ4v) is 4.67. The summed E-state index contributed by atoms with van der Waals surface area (Å²) in [5.74, 6) is -0.114. The molecule has 43 heavy (non-hydrogen) atoms.